The van der Waals surface area contributed by atoms with Crippen molar-refractivity contribution in [3.05, 3.63) is 69.5 Å². The Labute approximate surface area is 169 Å². The topological polar surface area (TPSA) is 84.2 Å². The van der Waals surface area contributed by atoms with Crippen molar-refractivity contribution in [2.75, 3.05) is 5.32 Å². The van der Waals surface area contributed by atoms with Crippen molar-refractivity contribution in [3.63, 3.8) is 0 Å². The van der Waals surface area contributed by atoms with E-state index in [1.54, 1.807) is 17.5 Å². The van der Waals surface area contributed by atoms with Gasteiger partial charge in [0, 0.05) is 9.85 Å². The molecule has 0 spiro atoms. The number of carbonyl (C=O) groups excluding carboxylic acids is 2. The number of nitrogens with zero attached hydrogens (tertiary/aromatic N) is 1. The normalized spacial score (nSPS) is 11.8. The highest BCUT2D eigenvalue weighted by atomic mass is 79.9. The van der Waals surface area contributed by atoms with Crippen LogP contribution in [0.25, 0.3) is 0 Å². The van der Waals surface area contributed by atoms with E-state index in [4.69, 9.17) is 4.42 Å². The Kier molecular flexibility index (Phi) is 6.41. The van der Waals surface area contributed by atoms with E-state index in [-0.39, 0.29) is 30.0 Å². The predicted octanol–water partition coefficient (Wildman–Crippen LogP) is 4.56. The van der Waals surface area contributed by atoms with Gasteiger partial charge in [-0.05, 0) is 36.2 Å². The molecular formula is C19H18BrN3O3S. The highest BCUT2D eigenvalue weighted by Crippen LogP contribution is 2.21. The number of nitrogens with one attached hydrogen (secondary N) is 2. The van der Waals surface area contributed by atoms with Crippen LogP contribution in [0, 0.1) is 0 Å². The summed E-state index contributed by atoms with van der Waals surface area (Å²) in [6, 6.07) is 11.1. The summed E-state index contributed by atoms with van der Waals surface area (Å²) in [5.74, 6) is -0.268. The minimum atomic E-state index is -0.369. The number of thiazole rings is 1. The fraction of sp³-hybridized carbons (Fsp3) is 0.211. The molecule has 1 aromatic carbocycles. The summed E-state index contributed by atoms with van der Waals surface area (Å²) in [5.41, 5.74) is 1.66. The van der Waals surface area contributed by atoms with Crippen molar-refractivity contribution in [3.8, 4) is 0 Å². The maximum atomic E-state index is 12.4. The molecule has 0 aliphatic heterocycles. The lowest BCUT2D eigenvalue weighted by Gasteiger charge is -2.17. The van der Waals surface area contributed by atoms with Crippen LogP contribution in [-0.4, -0.2) is 16.8 Å². The number of hydrogen-bond donors (Lipinski definition) is 2. The van der Waals surface area contributed by atoms with Gasteiger partial charge in [0.05, 0.1) is 24.4 Å². The molecule has 0 saturated carbocycles. The van der Waals surface area contributed by atoms with Crippen LogP contribution in [0.15, 0.2) is 56.9 Å². The van der Waals surface area contributed by atoms with E-state index in [1.165, 1.54) is 17.6 Å². The number of halogens is 1. The number of amides is 2. The van der Waals surface area contributed by atoms with Crippen LogP contribution < -0.4 is 10.6 Å². The van der Waals surface area contributed by atoms with Crippen molar-refractivity contribution in [2.45, 2.75) is 25.8 Å². The van der Waals surface area contributed by atoms with Crippen molar-refractivity contribution >= 4 is 44.2 Å². The van der Waals surface area contributed by atoms with E-state index >= 15 is 0 Å². The van der Waals surface area contributed by atoms with Gasteiger partial charge in [-0.3, -0.25) is 14.9 Å². The van der Waals surface area contributed by atoms with Gasteiger partial charge in [-0.25, -0.2) is 4.98 Å². The van der Waals surface area contributed by atoms with Crippen LogP contribution in [0.3, 0.4) is 0 Å². The number of hydrogen-bond acceptors (Lipinski definition) is 5. The Balaban J connectivity index is 1.57. The predicted molar refractivity (Wildman–Crippen MR) is 108 cm³/mol. The molecular weight excluding hydrogens is 430 g/mol. The zero-order valence-electron chi connectivity index (χ0n) is 14.6. The zero-order valence-corrected chi connectivity index (χ0v) is 17.0. The summed E-state index contributed by atoms with van der Waals surface area (Å²) < 4.78 is 6.04. The number of rotatable bonds is 7. The van der Waals surface area contributed by atoms with E-state index in [0.717, 1.165) is 16.5 Å². The molecule has 0 fully saturated rings. The fourth-order valence-corrected chi connectivity index (χ4v) is 3.51. The third-order valence-corrected chi connectivity index (χ3v) is 5.21. The molecule has 3 rings (SSSR count). The van der Waals surface area contributed by atoms with Gasteiger partial charge >= 0.3 is 0 Å². The molecule has 0 aliphatic rings. The lowest BCUT2D eigenvalue weighted by Crippen LogP contribution is -2.29. The summed E-state index contributed by atoms with van der Waals surface area (Å²) in [4.78, 5) is 28.6. The maximum absolute atomic E-state index is 12.4. The molecule has 3 aromatic rings. The van der Waals surface area contributed by atoms with Crippen LogP contribution >= 0.6 is 27.3 Å². The highest BCUT2D eigenvalue weighted by molar-refractivity contribution is 9.10. The second-order valence-electron chi connectivity index (χ2n) is 5.83. The number of carbonyl (C=O) groups is 2. The monoisotopic (exact) mass is 447 g/mol. The number of furan rings is 1. The molecule has 8 heteroatoms. The Hall–Kier alpha value is -2.45. The average molecular weight is 448 g/mol. The quantitative estimate of drug-likeness (QED) is 0.555. The number of anilines is 1. The Morgan fingerprint density at radius 2 is 2.04 bits per heavy atom. The maximum Gasteiger partial charge on any atom is 0.293 e. The van der Waals surface area contributed by atoms with Gasteiger partial charge in [-0.15, -0.1) is 11.3 Å². The van der Waals surface area contributed by atoms with Gasteiger partial charge in [0.25, 0.3) is 5.91 Å². The lowest BCUT2D eigenvalue weighted by molar-refractivity contribution is -0.121. The van der Waals surface area contributed by atoms with Gasteiger partial charge in [0.2, 0.25) is 5.91 Å². The van der Waals surface area contributed by atoms with Gasteiger partial charge in [0.1, 0.15) is 0 Å². The molecule has 2 N–H and O–H groups in total. The first kappa shape index (κ1) is 19.3. The largest absolute Gasteiger partial charge is 0.459 e. The summed E-state index contributed by atoms with van der Waals surface area (Å²) in [7, 11) is 0. The second kappa shape index (κ2) is 8.96. The molecule has 1 unspecified atom stereocenters. The molecule has 1 atom stereocenters. The average Bonchev–Trinajstić information content (AvgIpc) is 3.33. The molecule has 27 heavy (non-hydrogen) atoms. The number of benzene rings is 1. The van der Waals surface area contributed by atoms with Crippen molar-refractivity contribution in [1.29, 1.82) is 0 Å². The molecule has 0 aliphatic carbocycles. The van der Waals surface area contributed by atoms with E-state index in [0.29, 0.717) is 10.8 Å². The SMILES string of the molecule is CCC(NC(=O)Cc1csc(NC(=O)c2ccco2)n1)c1ccc(Br)cc1. The van der Waals surface area contributed by atoms with E-state index < -0.39 is 0 Å². The minimum absolute atomic E-state index is 0.0534. The Morgan fingerprint density at radius 3 is 2.70 bits per heavy atom. The summed E-state index contributed by atoms with van der Waals surface area (Å²) in [6.45, 7) is 2.03. The van der Waals surface area contributed by atoms with E-state index in [2.05, 4.69) is 31.5 Å². The molecule has 6 nitrogen and oxygen atoms in total. The first-order valence-electron chi connectivity index (χ1n) is 8.39. The minimum Gasteiger partial charge on any atom is -0.459 e. The van der Waals surface area contributed by atoms with Crippen molar-refractivity contribution in [1.82, 2.24) is 10.3 Å². The third-order valence-electron chi connectivity index (χ3n) is 3.87. The molecule has 0 bridgehead atoms. The van der Waals surface area contributed by atoms with Gasteiger partial charge in [-0.1, -0.05) is 35.0 Å². The fourth-order valence-electron chi connectivity index (χ4n) is 2.54. The van der Waals surface area contributed by atoms with Crippen LogP contribution in [0.2, 0.25) is 0 Å². The summed E-state index contributed by atoms with van der Waals surface area (Å²) in [6.07, 6.45) is 2.37. The van der Waals surface area contributed by atoms with Crippen LogP contribution in [0.1, 0.15) is 41.2 Å². The molecule has 2 amide bonds. The second-order valence-corrected chi connectivity index (χ2v) is 7.61. The zero-order chi connectivity index (χ0) is 19.2. The summed E-state index contributed by atoms with van der Waals surface area (Å²) in [5, 5.41) is 7.88. The van der Waals surface area contributed by atoms with Crippen molar-refractivity contribution < 1.29 is 14.0 Å². The Morgan fingerprint density at radius 1 is 1.26 bits per heavy atom. The smallest absolute Gasteiger partial charge is 0.293 e. The highest BCUT2D eigenvalue weighted by Gasteiger charge is 2.16. The van der Waals surface area contributed by atoms with E-state index in [9.17, 15) is 9.59 Å². The van der Waals surface area contributed by atoms with Gasteiger partial charge in [0.15, 0.2) is 10.9 Å². The lowest BCUT2D eigenvalue weighted by atomic mass is 10.0. The Bertz CT molecular complexity index is 907. The first-order valence-corrected chi connectivity index (χ1v) is 10.1. The van der Waals surface area contributed by atoms with Crippen LogP contribution in [0.5, 0.6) is 0 Å². The molecule has 140 valence electrons. The molecule has 0 saturated heterocycles. The standard InChI is InChI=1S/C19H18BrN3O3S/c1-2-15(12-5-7-13(20)8-6-12)22-17(24)10-14-11-27-19(21-14)23-18(25)16-4-3-9-26-16/h3-9,11,15H,2,10H2,1H3,(H,22,24)(H,21,23,25). The van der Waals surface area contributed by atoms with Crippen LogP contribution in [-0.2, 0) is 11.2 Å². The number of aromatic nitrogens is 1. The first-order chi connectivity index (χ1) is 13.0. The molecule has 2 aromatic heterocycles. The van der Waals surface area contributed by atoms with E-state index in [1.807, 2.05) is 31.2 Å². The third kappa shape index (κ3) is 5.27. The van der Waals surface area contributed by atoms with Crippen molar-refractivity contribution in [2.24, 2.45) is 0 Å². The molecule has 0 radical (unpaired) electrons. The summed E-state index contributed by atoms with van der Waals surface area (Å²) >= 11 is 4.68. The van der Waals surface area contributed by atoms with Gasteiger partial charge < -0.3 is 9.73 Å². The van der Waals surface area contributed by atoms with Gasteiger partial charge in [-0.2, -0.15) is 0 Å². The van der Waals surface area contributed by atoms with Crippen LogP contribution in [0.4, 0.5) is 5.13 Å². The molecule has 2 heterocycles.